The predicted octanol–water partition coefficient (Wildman–Crippen LogP) is 2.09. The van der Waals surface area contributed by atoms with Gasteiger partial charge in [0, 0.05) is 31.5 Å². The Bertz CT molecular complexity index is 525. The van der Waals surface area contributed by atoms with Crippen LogP contribution in [0.1, 0.15) is 26.7 Å². The van der Waals surface area contributed by atoms with Crippen LogP contribution in [-0.4, -0.2) is 42.9 Å². The number of nitrogens with one attached hydrogen (secondary N) is 1. The van der Waals surface area contributed by atoms with Gasteiger partial charge in [0.1, 0.15) is 6.04 Å². The summed E-state index contributed by atoms with van der Waals surface area (Å²) >= 11 is 0. The van der Waals surface area contributed by atoms with E-state index in [2.05, 4.69) is 5.32 Å². The molecule has 0 saturated carbocycles. The lowest BCUT2D eigenvalue weighted by atomic mass is 10.2. The third-order valence-corrected chi connectivity index (χ3v) is 3.94. The Hall–Kier alpha value is -2.04. The van der Waals surface area contributed by atoms with Gasteiger partial charge in [-0.25, -0.2) is 0 Å². The van der Waals surface area contributed by atoms with E-state index >= 15 is 0 Å². The molecule has 1 N–H and O–H groups in total. The lowest BCUT2D eigenvalue weighted by Crippen LogP contribution is -2.40. The number of benzene rings is 1. The second-order valence-corrected chi connectivity index (χ2v) is 5.70. The molecule has 1 fully saturated rings. The van der Waals surface area contributed by atoms with Gasteiger partial charge in [-0.2, -0.15) is 0 Å². The number of hydrogen-bond donors (Lipinski definition) is 1. The van der Waals surface area contributed by atoms with Crippen molar-refractivity contribution in [3.05, 3.63) is 24.3 Å². The first-order valence-corrected chi connectivity index (χ1v) is 7.33. The van der Waals surface area contributed by atoms with E-state index < -0.39 is 6.04 Å². The van der Waals surface area contributed by atoms with Gasteiger partial charge in [0.25, 0.3) is 5.91 Å². The number of carbonyl (C=O) groups is 2. The second kappa shape index (κ2) is 6.16. The number of anilines is 2. The molecule has 1 heterocycles. The van der Waals surface area contributed by atoms with Crippen molar-refractivity contribution in [2.45, 2.75) is 38.8 Å². The number of rotatable bonds is 5. The summed E-state index contributed by atoms with van der Waals surface area (Å²) in [7, 11) is 3.96. The first-order chi connectivity index (χ1) is 9.93. The van der Waals surface area contributed by atoms with Gasteiger partial charge >= 0.3 is 0 Å². The summed E-state index contributed by atoms with van der Waals surface area (Å²) in [6.07, 6.45) is 1.01. The molecule has 21 heavy (non-hydrogen) atoms. The zero-order valence-electron chi connectivity index (χ0n) is 13.1. The first-order valence-electron chi connectivity index (χ1n) is 7.33. The Morgan fingerprint density at radius 2 is 1.90 bits per heavy atom. The molecule has 1 aromatic carbocycles. The highest BCUT2D eigenvalue weighted by atomic mass is 16.2. The molecule has 5 nitrogen and oxygen atoms in total. The van der Waals surface area contributed by atoms with Crippen molar-refractivity contribution in [1.82, 2.24) is 4.90 Å². The molecule has 114 valence electrons. The molecule has 2 rings (SSSR count). The van der Waals surface area contributed by atoms with Crippen LogP contribution in [0.4, 0.5) is 11.4 Å². The molecule has 1 aliphatic heterocycles. The Balaban J connectivity index is 2.07. The maximum absolute atomic E-state index is 12.3. The van der Waals surface area contributed by atoms with E-state index in [0.717, 1.165) is 17.8 Å². The summed E-state index contributed by atoms with van der Waals surface area (Å²) in [6.45, 7) is 3.88. The Morgan fingerprint density at radius 3 is 2.43 bits per heavy atom. The van der Waals surface area contributed by atoms with E-state index in [1.54, 1.807) is 0 Å². The van der Waals surface area contributed by atoms with Crippen LogP contribution in [0.15, 0.2) is 24.3 Å². The van der Waals surface area contributed by atoms with Crippen LogP contribution < -0.4 is 10.2 Å². The number of nitrogens with zero attached hydrogens (tertiary/aromatic N) is 2. The molecule has 0 aromatic heterocycles. The van der Waals surface area contributed by atoms with Crippen LogP contribution in [0.2, 0.25) is 0 Å². The molecule has 2 amide bonds. The van der Waals surface area contributed by atoms with E-state index in [-0.39, 0.29) is 24.3 Å². The molecule has 0 spiro atoms. The summed E-state index contributed by atoms with van der Waals surface area (Å²) in [5, 5.41) is 3.17. The molecule has 2 unspecified atom stereocenters. The third-order valence-electron chi connectivity index (χ3n) is 3.94. The van der Waals surface area contributed by atoms with Gasteiger partial charge in [-0.1, -0.05) is 6.92 Å². The zero-order valence-corrected chi connectivity index (χ0v) is 13.1. The smallest absolute Gasteiger partial charge is 0.252 e. The fourth-order valence-electron chi connectivity index (χ4n) is 2.47. The Kier molecular flexibility index (Phi) is 4.50. The fraction of sp³-hybridized carbons (Fsp3) is 0.500. The van der Waals surface area contributed by atoms with Gasteiger partial charge in [0.2, 0.25) is 5.91 Å². The van der Waals surface area contributed by atoms with Gasteiger partial charge < -0.3 is 10.2 Å². The number of carbonyl (C=O) groups excluding carboxylic acids is 2. The highest BCUT2D eigenvalue weighted by molar-refractivity contribution is 6.07. The van der Waals surface area contributed by atoms with Crippen molar-refractivity contribution in [3.63, 3.8) is 0 Å². The van der Waals surface area contributed by atoms with Crippen LogP contribution in [0, 0.1) is 0 Å². The molecule has 2 atom stereocenters. The normalized spacial score (nSPS) is 19.8. The van der Waals surface area contributed by atoms with E-state index in [1.165, 1.54) is 4.90 Å². The van der Waals surface area contributed by atoms with Crippen molar-refractivity contribution in [1.29, 1.82) is 0 Å². The number of amides is 2. The third kappa shape index (κ3) is 3.17. The van der Waals surface area contributed by atoms with Gasteiger partial charge in [0.05, 0.1) is 6.42 Å². The second-order valence-electron chi connectivity index (χ2n) is 5.70. The number of hydrogen-bond acceptors (Lipinski definition) is 4. The van der Waals surface area contributed by atoms with Gasteiger partial charge in [-0.15, -0.1) is 0 Å². The molecule has 0 radical (unpaired) electrons. The number of imide groups is 1. The minimum atomic E-state index is -0.447. The van der Waals surface area contributed by atoms with Gasteiger partial charge in [-0.3, -0.25) is 14.5 Å². The lowest BCUT2D eigenvalue weighted by molar-refractivity contribution is -0.140. The predicted molar refractivity (Wildman–Crippen MR) is 84.4 cm³/mol. The van der Waals surface area contributed by atoms with E-state index in [9.17, 15) is 9.59 Å². The van der Waals surface area contributed by atoms with Gasteiger partial charge in [0.15, 0.2) is 0 Å². The van der Waals surface area contributed by atoms with Crippen molar-refractivity contribution >= 4 is 23.2 Å². The quantitative estimate of drug-likeness (QED) is 0.843. The average molecular weight is 289 g/mol. The first kappa shape index (κ1) is 15.4. The Labute approximate surface area is 125 Å². The molecule has 1 saturated heterocycles. The van der Waals surface area contributed by atoms with Gasteiger partial charge in [-0.05, 0) is 37.6 Å². The fourth-order valence-corrected chi connectivity index (χ4v) is 2.47. The SMILES string of the molecule is CCC(C)N1C(=O)CC(Nc2ccc(N(C)C)cc2)C1=O. The maximum atomic E-state index is 12.3. The molecule has 5 heteroatoms. The largest absolute Gasteiger partial charge is 0.378 e. The van der Waals surface area contributed by atoms with Crippen molar-refractivity contribution in [2.24, 2.45) is 0 Å². The summed E-state index contributed by atoms with van der Waals surface area (Å²) in [4.78, 5) is 27.7. The van der Waals surface area contributed by atoms with Crippen molar-refractivity contribution in [2.75, 3.05) is 24.3 Å². The van der Waals surface area contributed by atoms with Crippen molar-refractivity contribution in [3.8, 4) is 0 Å². The average Bonchev–Trinajstić information content (AvgIpc) is 2.73. The summed E-state index contributed by atoms with van der Waals surface area (Å²) in [5.41, 5.74) is 1.95. The van der Waals surface area contributed by atoms with E-state index in [4.69, 9.17) is 0 Å². The Morgan fingerprint density at radius 1 is 1.29 bits per heavy atom. The van der Waals surface area contributed by atoms with Crippen LogP contribution in [0.5, 0.6) is 0 Å². The molecule has 0 bridgehead atoms. The number of likely N-dealkylation sites (tertiary alicyclic amines) is 1. The summed E-state index contributed by atoms with van der Waals surface area (Å²) < 4.78 is 0. The topological polar surface area (TPSA) is 52.7 Å². The zero-order chi connectivity index (χ0) is 15.6. The lowest BCUT2D eigenvalue weighted by Gasteiger charge is -2.22. The highest BCUT2D eigenvalue weighted by Gasteiger charge is 2.40. The summed E-state index contributed by atoms with van der Waals surface area (Å²) in [5.74, 6) is -0.206. The van der Waals surface area contributed by atoms with E-state index in [0.29, 0.717) is 0 Å². The minimum Gasteiger partial charge on any atom is -0.378 e. The summed E-state index contributed by atoms with van der Waals surface area (Å²) in [6, 6.07) is 7.34. The van der Waals surface area contributed by atoms with Crippen LogP contribution in [0.25, 0.3) is 0 Å². The standard InChI is InChI=1S/C16H23N3O2/c1-5-11(2)19-15(20)10-14(16(19)21)17-12-6-8-13(9-7-12)18(3)4/h6-9,11,14,17H,5,10H2,1-4H3. The molecule has 0 aliphatic carbocycles. The molecule has 1 aromatic rings. The molecule has 1 aliphatic rings. The van der Waals surface area contributed by atoms with Crippen LogP contribution in [-0.2, 0) is 9.59 Å². The van der Waals surface area contributed by atoms with Crippen LogP contribution >= 0.6 is 0 Å². The highest BCUT2D eigenvalue weighted by Crippen LogP contribution is 2.23. The monoisotopic (exact) mass is 289 g/mol. The molecular formula is C16H23N3O2. The maximum Gasteiger partial charge on any atom is 0.252 e. The van der Waals surface area contributed by atoms with E-state index in [1.807, 2.05) is 57.1 Å². The van der Waals surface area contributed by atoms with Crippen molar-refractivity contribution < 1.29 is 9.59 Å². The van der Waals surface area contributed by atoms with Crippen LogP contribution in [0.3, 0.4) is 0 Å². The molecular weight excluding hydrogens is 266 g/mol. The minimum absolute atomic E-state index is 0.0343.